The zero-order valence-electron chi connectivity index (χ0n) is 12.7. The van der Waals surface area contributed by atoms with Crippen molar-refractivity contribution >= 4 is 5.97 Å². The van der Waals surface area contributed by atoms with Crippen LogP contribution in [0.3, 0.4) is 0 Å². The molecule has 0 saturated carbocycles. The molecule has 0 amide bonds. The number of carboxylic acids is 1. The molecule has 0 aliphatic carbocycles. The van der Waals surface area contributed by atoms with Gasteiger partial charge in [0.2, 0.25) is 0 Å². The number of carboxylic acid groups (broad SMARTS) is 1. The molecule has 1 heterocycles. The third-order valence-electron chi connectivity index (χ3n) is 2.90. The van der Waals surface area contributed by atoms with E-state index in [-0.39, 0.29) is 0 Å². The Morgan fingerprint density at radius 1 is 1.16 bits per heavy atom. The van der Waals surface area contributed by atoms with Crippen molar-refractivity contribution in [2.75, 3.05) is 0 Å². The highest BCUT2D eigenvalue weighted by Crippen LogP contribution is 2.08. The fourth-order valence-corrected chi connectivity index (χ4v) is 1.88. The van der Waals surface area contributed by atoms with Gasteiger partial charge in [-0.2, -0.15) is 0 Å². The minimum absolute atomic E-state index is 0.833. The Hall–Kier alpha value is -1.25. The van der Waals surface area contributed by atoms with Crippen LogP contribution >= 0.6 is 0 Å². The molecule has 0 fully saturated rings. The predicted octanol–water partition coefficient (Wildman–Crippen LogP) is 4.50. The summed E-state index contributed by atoms with van der Waals surface area (Å²) in [5.74, 6) is -0.833. The molecule has 0 atom stereocenters. The number of unbranched alkanes of at least 4 members (excludes halogenated alkanes) is 4. The van der Waals surface area contributed by atoms with Gasteiger partial charge in [0, 0.05) is 25.9 Å². The van der Waals surface area contributed by atoms with E-state index in [1.807, 2.05) is 0 Å². The van der Waals surface area contributed by atoms with Crippen LogP contribution in [0.1, 0.15) is 64.9 Å². The highest BCUT2D eigenvalue weighted by Gasteiger charge is 1.96. The van der Waals surface area contributed by atoms with Crippen LogP contribution in [0.4, 0.5) is 0 Å². The predicted molar refractivity (Wildman–Crippen MR) is 80.5 cm³/mol. The molecule has 1 N–H and O–H groups in total. The Morgan fingerprint density at radius 3 is 2.37 bits per heavy atom. The van der Waals surface area contributed by atoms with Crippen molar-refractivity contribution in [3.63, 3.8) is 0 Å². The van der Waals surface area contributed by atoms with Gasteiger partial charge in [0.1, 0.15) is 0 Å². The van der Waals surface area contributed by atoms with Gasteiger partial charge in [-0.1, -0.05) is 39.5 Å². The van der Waals surface area contributed by atoms with Crippen LogP contribution in [-0.2, 0) is 17.8 Å². The fraction of sp³-hybridized carbons (Fsp3) is 0.688. The first-order valence-electron chi connectivity index (χ1n) is 7.44. The topological polar surface area (TPSA) is 42.2 Å². The van der Waals surface area contributed by atoms with E-state index in [1.54, 1.807) is 0 Å². The van der Waals surface area contributed by atoms with Crippen molar-refractivity contribution < 1.29 is 9.90 Å². The molecule has 0 saturated heterocycles. The molecule has 0 unspecified atom stereocenters. The number of carbonyl (C=O) groups is 1. The Kier molecular flexibility index (Phi) is 11.0. The first-order valence-corrected chi connectivity index (χ1v) is 7.44. The lowest BCUT2D eigenvalue weighted by Gasteiger charge is -2.01. The van der Waals surface area contributed by atoms with E-state index >= 15 is 0 Å². The Labute approximate surface area is 117 Å². The average Bonchev–Trinajstić information content (AvgIpc) is 2.79. The summed E-state index contributed by atoms with van der Waals surface area (Å²) in [4.78, 5) is 9.00. The summed E-state index contributed by atoms with van der Waals surface area (Å²) >= 11 is 0. The molecular weight excluding hydrogens is 238 g/mol. The molecule has 0 spiro atoms. The smallest absolute Gasteiger partial charge is 0.300 e. The number of aryl methyl sites for hydroxylation is 2. The maximum atomic E-state index is 9.00. The lowest BCUT2D eigenvalue weighted by Crippen LogP contribution is -1.94. The summed E-state index contributed by atoms with van der Waals surface area (Å²) in [6.07, 6.45) is 13.8. The molecule has 1 rings (SSSR count). The first-order chi connectivity index (χ1) is 9.10. The van der Waals surface area contributed by atoms with Crippen LogP contribution in [-0.4, -0.2) is 15.6 Å². The molecule has 3 nitrogen and oxygen atoms in total. The van der Waals surface area contributed by atoms with E-state index in [2.05, 4.69) is 36.9 Å². The first kappa shape index (κ1) is 17.8. The second kappa shape index (κ2) is 11.8. The molecular formula is C16H29NO2. The van der Waals surface area contributed by atoms with Gasteiger partial charge < -0.3 is 9.67 Å². The molecule has 3 heteroatoms. The summed E-state index contributed by atoms with van der Waals surface area (Å²) in [5.41, 5.74) is 1.51. The second-order valence-electron chi connectivity index (χ2n) is 4.94. The third-order valence-corrected chi connectivity index (χ3v) is 2.90. The summed E-state index contributed by atoms with van der Waals surface area (Å²) in [6, 6.07) is 2.27. The van der Waals surface area contributed by atoms with E-state index in [9.17, 15) is 0 Å². The number of hydrogen-bond acceptors (Lipinski definition) is 1. The van der Waals surface area contributed by atoms with Crippen LogP contribution in [0.5, 0.6) is 0 Å². The molecule has 0 aliphatic heterocycles. The maximum Gasteiger partial charge on any atom is 0.300 e. The van der Waals surface area contributed by atoms with Crippen molar-refractivity contribution in [2.45, 2.75) is 72.3 Å². The number of hydrogen-bond donors (Lipinski definition) is 1. The standard InChI is InChI=1S/C14H25N.C2H4O2/c1-3-5-7-8-11-15-12-10-14(13-15)9-6-4-2;1-2(3)4/h10,12-13H,3-9,11H2,1-2H3;1H3,(H,3,4). The van der Waals surface area contributed by atoms with Crippen LogP contribution in [0.15, 0.2) is 18.5 Å². The number of rotatable bonds is 8. The minimum Gasteiger partial charge on any atom is -0.481 e. The van der Waals surface area contributed by atoms with Crippen LogP contribution in [0.2, 0.25) is 0 Å². The second-order valence-corrected chi connectivity index (χ2v) is 4.94. The van der Waals surface area contributed by atoms with Crippen molar-refractivity contribution in [3.8, 4) is 0 Å². The average molecular weight is 267 g/mol. The van der Waals surface area contributed by atoms with Crippen molar-refractivity contribution in [1.29, 1.82) is 0 Å². The molecule has 19 heavy (non-hydrogen) atoms. The largest absolute Gasteiger partial charge is 0.481 e. The lowest BCUT2D eigenvalue weighted by atomic mass is 10.1. The van der Waals surface area contributed by atoms with Crippen molar-refractivity contribution in [1.82, 2.24) is 4.57 Å². The lowest BCUT2D eigenvalue weighted by molar-refractivity contribution is -0.134. The molecule has 1 aromatic heterocycles. The van der Waals surface area contributed by atoms with Gasteiger partial charge in [0.15, 0.2) is 0 Å². The molecule has 110 valence electrons. The zero-order chi connectivity index (χ0) is 14.5. The highest BCUT2D eigenvalue weighted by atomic mass is 16.4. The van der Waals surface area contributed by atoms with Gasteiger partial charge in [-0.05, 0) is 30.9 Å². The number of aliphatic carboxylic acids is 1. The van der Waals surface area contributed by atoms with Gasteiger partial charge in [-0.3, -0.25) is 4.79 Å². The molecule has 0 aromatic carbocycles. The highest BCUT2D eigenvalue weighted by molar-refractivity contribution is 5.62. The molecule has 0 bridgehead atoms. The molecule has 1 aromatic rings. The van der Waals surface area contributed by atoms with E-state index in [0.717, 1.165) is 6.92 Å². The van der Waals surface area contributed by atoms with Crippen molar-refractivity contribution in [3.05, 3.63) is 24.0 Å². The van der Waals surface area contributed by atoms with E-state index in [4.69, 9.17) is 9.90 Å². The fourth-order valence-electron chi connectivity index (χ4n) is 1.88. The SMILES string of the molecule is CC(=O)O.CCCCCCn1ccc(CCCC)c1. The van der Waals surface area contributed by atoms with E-state index in [1.165, 1.54) is 57.1 Å². The number of nitrogens with zero attached hydrogens (tertiary/aromatic N) is 1. The Balaban J connectivity index is 0.000000711. The van der Waals surface area contributed by atoms with Gasteiger partial charge in [0.25, 0.3) is 5.97 Å². The van der Waals surface area contributed by atoms with Crippen LogP contribution in [0, 0.1) is 0 Å². The molecule has 0 aliphatic rings. The molecule has 0 radical (unpaired) electrons. The van der Waals surface area contributed by atoms with Crippen molar-refractivity contribution in [2.24, 2.45) is 0 Å². The summed E-state index contributed by atoms with van der Waals surface area (Å²) in [7, 11) is 0. The van der Waals surface area contributed by atoms with Gasteiger partial charge >= 0.3 is 0 Å². The van der Waals surface area contributed by atoms with Crippen LogP contribution < -0.4 is 0 Å². The van der Waals surface area contributed by atoms with Crippen LogP contribution in [0.25, 0.3) is 0 Å². The third kappa shape index (κ3) is 11.6. The quantitative estimate of drug-likeness (QED) is 0.704. The normalized spacial score (nSPS) is 9.84. The van der Waals surface area contributed by atoms with E-state index < -0.39 is 5.97 Å². The van der Waals surface area contributed by atoms with Gasteiger partial charge in [-0.25, -0.2) is 0 Å². The maximum absolute atomic E-state index is 9.00. The zero-order valence-corrected chi connectivity index (χ0v) is 12.7. The summed E-state index contributed by atoms with van der Waals surface area (Å²) in [6.45, 7) is 6.80. The number of aromatic nitrogens is 1. The Bertz CT molecular complexity index is 327. The van der Waals surface area contributed by atoms with Gasteiger partial charge in [-0.15, -0.1) is 0 Å². The van der Waals surface area contributed by atoms with Gasteiger partial charge in [0.05, 0.1) is 0 Å². The Morgan fingerprint density at radius 2 is 1.79 bits per heavy atom. The minimum atomic E-state index is -0.833. The monoisotopic (exact) mass is 267 g/mol. The summed E-state index contributed by atoms with van der Waals surface area (Å²) in [5, 5.41) is 7.42. The van der Waals surface area contributed by atoms with E-state index in [0.29, 0.717) is 0 Å². The summed E-state index contributed by atoms with van der Waals surface area (Å²) < 4.78 is 2.35.